The second kappa shape index (κ2) is 6.96. The van der Waals surface area contributed by atoms with Crippen molar-refractivity contribution >= 4 is 16.2 Å². The molecule has 1 saturated heterocycles. The second-order valence-corrected chi connectivity index (χ2v) is 6.31. The van der Waals surface area contributed by atoms with Gasteiger partial charge in [-0.2, -0.15) is 17.8 Å². The summed E-state index contributed by atoms with van der Waals surface area (Å²) in [5.74, 6) is 0.108. The van der Waals surface area contributed by atoms with E-state index in [0.29, 0.717) is 31.6 Å². The van der Waals surface area contributed by atoms with Crippen LogP contribution in [-0.2, 0) is 26.2 Å². The Morgan fingerprint density at radius 3 is 3.10 bits per heavy atom. The Bertz CT molecular complexity index is 559. The molecular formula is C11H19N5O4S. The fourth-order valence-electron chi connectivity index (χ4n) is 2.23. The summed E-state index contributed by atoms with van der Waals surface area (Å²) >= 11 is 0. The maximum atomic E-state index is 12.2. The van der Waals surface area contributed by atoms with Gasteiger partial charge in [0.25, 0.3) is 10.2 Å². The van der Waals surface area contributed by atoms with Crippen LogP contribution in [0.5, 0.6) is 0 Å². The Balaban J connectivity index is 1.92. The Morgan fingerprint density at radius 1 is 1.62 bits per heavy atom. The molecule has 0 aliphatic carbocycles. The summed E-state index contributed by atoms with van der Waals surface area (Å²) in [6, 6.07) is -0.729. The number of ether oxygens (including phenoxy) is 1. The van der Waals surface area contributed by atoms with Gasteiger partial charge in [0.2, 0.25) is 0 Å². The molecule has 21 heavy (non-hydrogen) atoms. The van der Waals surface area contributed by atoms with E-state index in [0.717, 1.165) is 0 Å². The van der Waals surface area contributed by atoms with Crippen LogP contribution >= 0.6 is 0 Å². The number of carbonyl (C=O) groups is 1. The molecule has 1 unspecified atom stereocenters. The number of nitrogens with zero attached hydrogens (tertiary/aromatic N) is 3. The van der Waals surface area contributed by atoms with E-state index in [2.05, 4.69) is 19.9 Å². The first-order valence-corrected chi connectivity index (χ1v) is 8.26. The zero-order valence-electron chi connectivity index (χ0n) is 11.8. The fourth-order valence-corrected chi connectivity index (χ4v) is 3.66. The fraction of sp³-hybridized carbons (Fsp3) is 0.727. The molecule has 0 amide bonds. The number of rotatable bonds is 7. The molecule has 1 aromatic rings. The molecule has 0 spiro atoms. The SMILES string of the molecule is CCOC(=O)C1CCCN1S(=O)(=O)NCCc1ncn[nH]1. The lowest BCUT2D eigenvalue weighted by Crippen LogP contribution is -2.47. The first kappa shape index (κ1) is 15.9. The van der Waals surface area contributed by atoms with Crippen molar-refractivity contribution in [3.05, 3.63) is 12.2 Å². The van der Waals surface area contributed by atoms with E-state index in [1.807, 2.05) is 0 Å². The minimum Gasteiger partial charge on any atom is -0.465 e. The third-order valence-corrected chi connectivity index (χ3v) is 4.81. The molecule has 118 valence electrons. The van der Waals surface area contributed by atoms with Gasteiger partial charge in [-0.1, -0.05) is 0 Å². The molecule has 2 N–H and O–H groups in total. The normalized spacial score (nSPS) is 19.8. The molecule has 0 aromatic carbocycles. The molecule has 1 aliphatic heterocycles. The van der Waals surface area contributed by atoms with E-state index in [9.17, 15) is 13.2 Å². The summed E-state index contributed by atoms with van der Waals surface area (Å²) in [4.78, 5) is 15.7. The van der Waals surface area contributed by atoms with Crippen LogP contribution < -0.4 is 4.72 Å². The molecular weight excluding hydrogens is 298 g/mol. The van der Waals surface area contributed by atoms with Gasteiger partial charge in [-0.3, -0.25) is 9.89 Å². The minimum atomic E-state index is -3.71. The molecule has 1 aromatic heterocycles. The topological polar surface area (TPSA) is 117 Å². The van der Waals surface area contributed by atoms with E-state index >= 15 is 0 Å². The molecule has 2 heterocycles. The zero-order valence-corrected chi connectivity index (χ0v) is 12.6. The highest BCUT2D eigenvalue weighted by Gasteiger charge is 2.39. The summed E-state index contributed by atoms with van der Waals surface area (Å²) in [5, 5.41) is 6.34. The highest BCUT2D eigenvalue weighted by atomic mass is 32.2. The number of aromatic nitrogens is 3. The smallest absolute Gasteiger partial charge is 0.324 e. The summed E-state index contributed by atoms with van der Waals surface area (Å²) in [7, 11) is -3.71. The third-order valence-electron chi connectivity index (χ3n) is 3.18. The number of hydrogen-bond acceptors (Lipinski definition) is 6. The Labute approximate surface area is 123 Å². The first-order valence-electron chi connectivity index (χ1n) is 6.82. The van der Waals surface area contributed by atoms with Gasteiger partial charge in [-0.15, -0.1) is 0 Å². The van der Waals surface area contributed by atoms with E-state index in [1.165, 1.54) is 10.6 Å². The van der Waals surface area contributed by atoms with Crippen molar-refractivity contribution in [1.29, 1.82) is 0 Å². The number of carbonyl (C=O) groups excluding carboxylic acids is 1. The van der Waals surface area contributed by atoms with Crippen LogP contribution in [0.4, 0.5) is 0 Å². The first-order chi connectivity index (χ1) is 10.0. The summed E-state index contributed by atoms with van der Waals surface area (Å²) < 4.78 is 33.0. The summed E-state index contributed by atoms with van der Waals surface area (Å²) in [6.45, 7) is 2.44. The average Bonchev–Trinajstić information content (AvgIpc) is 3.10. The van der Waals surface area contributed by atoms with Crippen LogP contribution in [0.25, 0.3) is 0 Å². The van der Waals surface area contributed by atoms with Crippen LogP contribution in [-0.4, -0.2) is 59.6 Å². The lowest BCUT2D eigenvalue weighted by Gasteiger charge is -2.22. The van der Waals surface area contributed by atoms with Crippen molar-refractivity contribution in [2.24, 2.45) is 0 Å². The molecule has 0 bridgehead atoms. The van der Waals surface area contributed by atoms with Crippen molar-refractivity contribution < 1.29 is 17.9 Å². The van der Waals surface area contributed by atoms with Gasteiger partial charge < -0.3 is 4.74 Å². The molecule has 2 rings (SSSR count). The molecule has 1 fully saturated rings. The van der Waals surface area contributed by atoms with Gasteiger partial charge in [-0.25, -0.2) is 9.71 Å². The lowest BCUT2D eigenvalue weighted by molar-refractivity contribution is -0.146. The Morgan fingerprint density at radius 2 is 2.43 bits per heavy atom. The summed E-state index contributed by atoms with van der Waals surface area (Å²) in [6.07, 6.45) is 2.90. The Kier molecular flexibility index (Phi) is 5.26. The molecule has 10 heteroatoms. The van der Waals surface area contributed by atoms with E-state index < -0.39 is 22.2 Å². The standard InChI is InChI=1S/C11H19N5O4S/c1-2-20-11(17)9-4-3-7-16(9)21(18,19)14-6-5-10-12-8-13-15-10/h8-9,14H,2-7H2,1H3,(H,12,13,15). The predicted molar refractivity (Wildman–Crippen MR) is 73.4 cm³/mol. The van der Waals surface area contributed by atoms with Crippen LogP contribution in [0.2, 0.25) is 0 Å². The van der Waals surface area contributed by atoms with Gasteiger partial charge in [-0.05, 0) is 19.8 Å². The number of H-pyrrole nitrogens is 1. The molecule has 1 atom stereocenters. The molecule has 0 radical (unpaired) electrons. The molecule has 9 nitrogen and oxygen atoms in total. The number of nitrogens with one attached hydrogen (secondary N) is 2. The lowest BCUT2D eigenvalue weighted by atomic mass is 10.2. The van der Waals surface area contributed by atoms with Gasteiger partial charge >= 0.3 is 5.97 Å². The van der Waals surface area contributed by atoms with E-state index in [-0.39, 0.29) is 13.2 Å². The van der Waals surface area contributed by atoms with Crippen LogP contribution in [0.1, 0.15) is 25.6 Å². The van der Waals surface area contributed by atoms with Crippen LogP contribution in [0, 0.1) is 0 Å². The van der Waals surface area contributed by atoms with Crippen LogP contribution in [0.15, 0.2) is 6.33 Å². The minimum absolute atomic E-state index is 0.184. The van der Waals surface area contributed by atoms with Crippen molar-refractivity contribution in [1.82, 2.24) is 24.2 Å². The molecule has 1 aliphatic rings. The second-order valence-electron chi connectivity index (χ2n) is 4.60. The van der Waals surface area contributed by atoms with Crippen LogP contribution in [0.3, 0.4) is 0 Å². The van der Waals surface area contributed by atoms with Crippen molar-refractivity contribution in [3.63, 3.8) is 0 Å². The molecule has 0 saturated carbocycles. The maximum Gasteiger partial charge on any atom is 0.324 e. The van der Waals surface area contributed by atoms with Gasteiger partial charge in [0.05, 0.1) is 6.61 Å². The zero-order chi connectivity index (χ0) is 15.3. The van der Waals surface area contributed by atoms with Gasteiger partial charge in [0.15, 0.2) is 0 Å². The highest BCUT2D eigenvalue weighted by Crippen LogP contribution is 2.21. The predicted octanol–water partition coefficient (Wildman–Crippen LogP) is -0.791. The largest absolute Gasteiger partial charge is 0.465 e. The van der Waals surface area contributed by atoms with Crippen molar-refractivity contribution in [3.8, 4) is 0 Å². The van der Waals surface area contributed by atoms with E-state index in [4.69, 9.17) is 4.74 Å². The van der Waals surface area contributed by atoms with Crippen molar-refractivity contribution in [2.75, 3.05) is 19.7 Å². The Hall–Kier alpha value is -1.52. The number of aromatic amines is 1. The van der Waals surface area contributed by atoms with E-state index in [1.54, 1.807) is 6.92 Å². The summed E-state index contributed by atoms with van der Waals surface area (Å²) in [5.41, 5.74) is 0. The number of hydrogen-bond donors (Lipinski definition) is 2. The third kappa shape index (κ3) is 3.99. The quantitative estimate of drug-likeness (QED) is 0.636. The maximum absolute atomic E-state index is 12.2. The van der Waals surface area contributed by atoms with Gasteiger partial charge in [0.1, 0.15) is 18.2 Å². The average molecular weight is 317 g/mol. The highest BCUT2D eigenvalue weighted by molar-refractivity contribution is 7.87. The van der Waals surface area contributed by atoms with Crippen molar-refractivity contribution in [2.45, 2.75) is 32.2 Å². The number of esters is 1. The van der Waals surface area contributed by atoms with Gasteiger partial charge in [0, 0.05) is 19.5 Å². The monoisotopic (exact) mass is 317 g/mol.